The number of nitrogens with zero attached hydrogens (tertiary/aromatic N) is 3. The lowest BCUT2D eigenvalue weighted by atomic mass is 10.0. The lowest BCUT2D eigenvalue weighted by molar-refractivity contribution is -0.141. The third kappa shape index (κ3) is 8.46. The highest BCUT2D eigenvalue weighted by Crippen LogP contribution is 2.30. The fraction of sp³-hybridized carbons (Fsp3) is 0.115. The highest BCUT2D eigenvalue weighted by Gasteiger charge is 2.32. The number of hydrogen-bond donors (Lipinski definition) is 1. The number of pyridine rings is 2. The van der Waals surface area contributed by atoms with Crippen molar-refractivity contribution in [3.05, 3.63) is 107 Å². The van der Waals surface area contributed by atoms with Crippen LogP contribution in [0.25, 0.3) is 22.3 Å². The van der Waals surface area contributed by atoms with E-state index in [4.69, 9.17) is 11.0 Å². The molecule has 2 aromatic heterocycles. The summed E-state index contributed by atoms with van der Waals surface area (Å²) in [6, 6.07) is 13.6. The van der Waals surface area contributed by atoms with Crippen LogP contribution in [0.5, 0.6) is 0 Å². The van der Waals surface area contributed by atoms with Gasteiger partial charge in [0.05, 0.1) is 11.6 Å². The molecule has 39 heavy (non-hydrogen) atoms. The van der Waals surface area contributed by atoms with E-state index in [1.165, 1.54) is 30.3 Å². The van der Waals surface area contributed by atoms with Crippen molar-refractivity contribution >= 4 is 12.4 Å². The van der Waals surface area contributed by atoms with Crippen molar-refractivity contribution in [3.8, 4) is 28.3 Å². The van der Waals surface area contributed by atoms with Gasteiger partial charge >= 0.3 is 12.4 Å². The summed E-state index contributed by atoms with van der Waals surface area (Å²) in [5.74, 6) is -1.12. The molecule has 4 nitrogen and oxygen atoms in total. The first-order valence-electron chi connectivity index (χ1n) is 10.6. The number of nitrogens with two attached hydrogens (primary N) is 1. The maximum atomic E-state index is 13.3. The molecular weight excluding hydrogens is 556 g/mol. The largest absolute Gasteiger partial charge is 0.433 e. The summed E-state index contributed by atoms with van der Waals surface area (Å²) in [7, 11) is 0. The van der Waals surface area contributed by atoms with Crippen molar-refractivity contribution in [2.45, 2.75) is 18.9 Å². The summed E-state index contributed by atoms with van der Waals surface area (Å²) in [6.45, 7) is 0.152. The number of benzene rings is 2. The third-order valence-corrected chi connectivity index (χ3v) is 4.99. The zero-order valence-electron chi connectivity index (χ0n) is 19.5. The van der Waals surface area contributed by atoms with E-state index < -0.39 is 35.4 Å². The van der Waals surface area contributed by atoms with Gasteiger partial charge in [-0.05, 0) is 65.2 Å². The molecule has 4 aromatic rings. The molecule has 0 bridgehead atoms. The van der Waals surface area contributed by atoms with Gasteiger partial charge in [0.25, 0.3) is 0 Å². The summed E-state index contributed by atoms with van der Waals surface area (Å²) in [5, 5.41) is 8.70. The predicted molar refractivity (Wildman–Crippen MR) is 129 cm³/mol. The van der Waals surface area contributed by atoms with Crippen LogP contribution in [0, 0.1) is 23.0 Å². The summed E-state index contributed by atoms with van der Waals surface area (Å²) >= 11 is 0. The van der Waals surface area contributed by atoms with Gasteiger partial charge in [-0.15, -0.1) is 12.4 Å². The van der Waals surface area contributed by atoms with Gasteiger partial charge in [0.15, 0.2) is 0 Å². The van der Waals surface area contributed by atoms with E-state index in [1.807, 2.05) is 0 Å². The molecule has 0 aliphatic rings. The molecule has 0 saturated carbocycles. The second-order valence-electron chi connectivity index (χ2n) is 7.75. The van der Waals surface area contributed by atoms with Crippen molar-refractivity contribution in [2.24, 2.45) is 5.73 Å². The molecule has 4 rings (SSSR count). The summed E-state index contributed by atoms with van der Waals surface area (Å²) in [5.41, 5.74) is 5.54. The van der Waals surface area contributed by atoms with Gasteiger partial charge in [-0.1, -0.05) is 12.1 Å². The maximum absolute atomic E-state index is 13.3. The molecule has 0 atom stereocenters. The van der Waals surface area contributed by atoms with Gasteiger partial charge in [0.1, 0.15) is 23.0 Å². The topological polar surface area (TPSA) is 75.6 Å². The smallest absolute Gasteiger partial charge is 0.326 e. The monoisotopic (exact) mass is 572 g/mol. The average molecular weight is 573 g/mol. The first-order valence-corrected chi connectivity index (χ1v) is 10.6. The van der Waals surface area contributed by atoms with Crippen molar-refractivity contribution in [3.63, 3.8) is 0 Å². The van der Waals surface area contributed by atoms with Crippen LogP contribution < -0.4 is 5.73 Å². The molecule has 2 aromatic carbocycles. The van der Waals surface area contributed by atoms with E-state index in [0.29, 0.717) is 27.8 Å². The summed E-state index contributed by atoms with van der Waals surface area (Å²) in [4.78, 5) is 6.61. The molecule has 0 radical (unpaired) electrons. The zero-order valence-corrected chi connectivity index (χ0v) is 20.3. The van der Waals surface area contributed by atoms with Crippen LogP contribution in [0.4, 0.5) is 35.1 Å². The molecule has 0 unspecified atom stereocenters. The van der Waals surface area contributed by atoms with Crippen LogP contribution in [-0.2, 0) is 18.9 Å². The Labute approximate surface area is 223 Å². The van der Waals surface area contributed by atoms with Gasteiger partial charge in [-0.25, -0.2) is 8.78 Å². The Balaban J connectivity index is 0.000000267. The molecule has 0 amide bonds. The van der Waals surface area contributed by atoms with Gasteiger partial charge < -0.3 is 5.73 Å². The Morgan fingerprint density at radius 2 is 1.13 bits per heavy atom. The molecular formula is C26H17ClF8N4. The fourth-order valence-corrected chi connectivity index (χ4v) is 3.22. The van der Waals surface area contributed by atoms with Crippen molar-refractivity contribution in [2.75, 3.05) is 0 Å². The molecule has 0 spiro atoms. The minimum atomic E-state index is -4.52. The number of alkyl halides is 6. The first-order chi connectivity index (χ1) is 17.8. The number of nitriles is 1. The van der Waals surface area contributed by atoms with E-state index in [9.17, 15) is 35.1 Å². The van der Waals surface area contributed by atoms with E-state index in [2.05, 4.69) is 9.97 Å². The van der Waals surface area contributed by atoms with Gasteiger partial charge in [0.2, 0.25) is 0 Å². The normalized spacial score (nSPS) is 11.1. The highest BCUT2D eigenvalue weighted by molar-refractivity contribution is 5.85. The number of rotatable bonds is 3. The van der Waals surface area contributed by atoms with Gasteiger partial charge in [-0.2, -0.15) is 31.6 Å². The summed E-state index contributed by atoms with van der Waals surface area (Å²) in [6.07, 6.45) is -6.93. The lowest BCUT2D eigenvalue weighted by Gasteiger charge is -2.08. The van der Waals surface area contributed by atoms with Crippen molar-refractivity contribution < 1.29 is 35.1 Å². The quantitative estimate of drug-likeness (QED) is 0.257. The Morgan fingerprint density at radius 1 is 0.667 bits per heavy atom. The van der Waals surface area contributed by atoms with Crippen LogP contribution in [0.3, 0.4) is 0 Å². The van der Waals surface area contributed by atoms with Crippen molar-refractivity contribution in [1.29, 1.82) is 5.26 Å². The molecule has 13 heteroatoms. The lowest BCUT2D eigenvalue weighted by Crippen LogP contribution is -2.07. The average Bonchev–Trinajstić information content (AvgIpc) is 2.87. The van der Waals surface area contributed by atoms with Crippen LogP contribution >= 0.6 is 12.4 Å². The second-order valence-corrected chi connectivity index (χ2v) is 7.75. The zero-order chi connectivity index (χ0) is 28.1. The van der Waals surface area contributed by atoms with E-state index in [1.54, 1.807) is 12.1 Å². The van der Waals surface area contributed by atoms with Crippen LogP contribution in [0.2, 0.25) is 0 Å². The molecule has 0 aliphatic carbocycles. The van der Waals surface area contributed by atoms with E-state index in [0.717, 1.165) is 36.7 Å². The molecule has 2 heterocycles. The summed E-state index contributed by atoms with van der Waals surface area (Å²) < 4.78 is 101. The van der Waals surface area contributed by atoms with E-state index in [-0.39, 0.29) is 24.5 Å². The predicted octanol–water partition coefficient (Wildman–Crippen LogP) is 7.57. The molecule has 0 fully saturated rings. The number of aromatic nitrogens is 2. The Bertz CT molecular complexity index is 1450. The van der Waals surface area contributed by atoms with Crippen LogP contribution in [0.15, 0.2) is 73.1 Å². The Hall–Kier alpha value is -4.08. The van der Waals surface area contributed by atoms with Crippen LogP contribution in [-0.4, -0.2) is 9.97 Å². The van der Waals surface area contributed by atoms with Gasteiger partial charge in [0, 0.05) is 30.1 Å². The van der Waals surface area contributed by atoms with Gasteiger partial charge in [-0.3, -0.25) is 9.97 Å². The van der Waals surface area contributed by atoms with E-state index >= 15 is 0 Å². The standard InChI is InChI=1S/C13H10F4N2.C13H6F4N2.ClH/c2*14-11-4-8(6-18)3-10(5-11)9-1-2-12(19-7-9)13(15,16)17;/h1-5,7H,6,18H2;1-5,7H;1H. The molecule has 204 valence electrons. The molecule has 0 saturated heterocycles. The Morgan fingerprint density at radius 3 is 1.51 bits per heavy atom. The first kappa shape index (κ1) is 31.1. The molecule has 0 aliphatic heterocycles. The Kier molecular flexibility index (Phi) is 10.1. The number of halogens is 9. The minimum absolute atomic E-state index is 0. The SMILES string of the molecule is Cl.N#Cc1cc(F)cc(-c2ccc(C(F)(F)F)nc2)c1.NCc1cc(F)cc(-c2ccc(C(F)(F)F)nc2)c1. The second kappa shape index (κ2) is 12.6. The third-order valence-electron chi connectivity index (χ3n) is 4.99. The highest BCUT2D eigenvalue weighted by atomic mass is 35.5. The van der Waals surface area contributed by atoms with Crippen molar-refractivity contribution in [1.82, 2.24) is 9.97 Å². The van der Waals surface area contributed by atoms with Crippen LogP contribution in [0.1, 0.15) is 22.5 Å². The minimum Gasteiger partial charge on any atom is -0.326 e. The number of hydrogen-bond acceptors (Lipinski definition) is 4. The fourth-order valence-electron chi connectivity index (χ4n) is 3.22. The molecule has 2 N–H and O–H groups in total. The maximum Gasteiger partial charge on any atom is 0.433 e.